The van der Waals surface area contributed by atoms with E-state index in [-0.39, 0.29) is 18.0 Å². The number of fused-ring (bicyclic) bond motifs is 1. The van der Waals surface area contributed by atoms with Crippen LogP contribution in [-0.2, 0) is 11.3 Å². The number of carbonyl (C=O) groups is 1. The summed E-state index contributed by atoms with van der Waals surface area (Å²) in [6.45, 7) is 1.93. The van der Waals surface area contributed by atoms with Crippen molar-refractivity contribution >= 4 is 16.8 Å². The zero-order chi connectivity index (χ0) is 12.4. The Morgan fingerprint density at radius 2 is 2.24 bits per heavy atom. The van der Waals surface area contributed by atoms with Gasteiger partial charge in [0.05, 0.1) is 17.2 Å². The van der Waals surface area contributed by atoms with Crippen LogP contribution in [0.1, 0.15) is 5.56 Å². The minimum Gasteiger partial charge on any atom is -0.358 e. The zero-order valence-electron chi connectivity index (χ0n) is 9.73. The zero-order valence-corrected chi connectivity index (χ0v) is 9.73. The summed E-state index contributed by atoms with van der Waals surface area (Å²) in [5.74, 6) is -0.222. The Hall–Kier alpha value is -2.17. The summed E-state index contributed by atoms with van der Waals surface area (Å²) < 4.78 is 1.30. The van der Waals surface area contributed by atoms with Crippen molar-refractivity contribution in [1.82, 2.24) is 14.9 Å². The highest BCUT2D eigenvalue weighted by Gasteiger charge is 2.06. The number of aromatic nitrogens is 2. The van der Waals surface area contributed by atoms with Gasteiger partial charge in [-0.2, -0.15) is 0 Å². The SMILES string of the molecule is CNC(=O)Cn1cnc2cc(C)ccc2c1=O. The molecule has 5 heteroatoms. The quantitative estimate of drug-likeness (QED) is 0.816. The number of nitrogens with zero attached hydrogens (tertiary/aromatic N) is 2. The summed E-state index contributed by atoms with van der Waals surface area (Å²) in [6.07, 6.45) is 1.40. The normalized spacial score (nSPS) is 10.5. The number of aryl methyl sites for hydroxylation is 1. The third-order valence-corrected chi connectivity index (χ3v) is 2.57. The fraction of sp³-hybridized carbons (Fsp3) is 0.250. The van der Waals surface area contributed by atoms with E-state index in [1.807, 2.05) is 19.1 Å². The van der Waals surface area contributed by atoms with Gasteiger partial charge in [0.25, 0.3) is 5.56 Å². The molecule has 2 aromatic rings. The van der Waals surface area contributed by atoms with Crippen LogP contribution in [0.4, 0.5) is 0 Å². The highest BCUT2D eigenvalue weighted by atomic mass is 16.2. The fourth-order valence-corrected chi connectivity index (χ4v) is 1.61. The smallest absolute Gasteiger partial charge is 0.261 e. The first-order chi connectivity index (χ1) is 8.11. The van der Waals surface area contributed by atoms with Crippen molar-refractivity contribution in [2.75, 3.05) is 7.05 Å². The maximum absolute atomic E-state index is 12.0. The van der Waals surface area contributed by atoms with Gasteiger partial charge >= 0.3 is 0 Å². The van der Waals surface area contributed by atoms with Crippen molar-refractivity contribution in [3.8, 4) is 0 Å². The van der Waals surface area contributed by atoms with E-state index in [2.05, 4.69) is 10.3 Å². The predicted octanol–water partition coefficient (Wildman–Crippen LogP) is 0.451. The highest BCUT2D eigenvalue weighted by molar-refractivity contribution is 5.79. The van der Waals surface area contributed by atoms with E-state index >= 15 is 0 Å². The third kappa shape index (κ3) is 2.18. The number of nitrogens with one attached hydrogen (secondary N) is 1. The van der Waals surface area contributed by atoms with Crippen LogP contribution in [0.25, 0.3) is 10.9 Å². The first-order valence-corrected chi connectivity index (χ1v) is 5.28. The topological polar surface area (TPSA) is 64.0 Å². The average Bonchev–Trinajstić information content (AvgIpc) is 2.32. The fourth-order valence-electron chi connectivity index (χ4n) is 1.61. The minimum absolute atomic E-state index is 0.00779. The number of benzene rings is 1. The van der Waals surface area contributed by atoms with Crippen LogP contribution in [0.3, 0.4) is 0 Å². The van der Waals surface area contributed by atoms with Gasteiger partial charge < -0.3 is 5.32 Å². The Morgan fingerprint density at radius 1 is 1.47 bits per heavy atom. The molecular formula is C12H13N3O2. The lowest BCUT2D eigenvalue weighted by Gasteiger charge is -2.05. The molecule has 0 fully saturated rings. The third-order valence-electron chi connectivity index (χ3n) is 2.57. The standard InChI is InChI=1S/C12H13N3O2/c1-8-3-4-9-10(5-8)14-7-15(12(9)17)6-11(16)13-2/h3-5,7H,6H2,1-2H3,(H,13,16). The molecule has 0 aliphatic heterocycles. The molecule has 0 unspecified atom stereocenters. The Labute approximate surface area is 98.1 Å². The lowest BCUT2D eigenvalue weighted by Crippen LogP contribution is -2.30. The van der Waals surface area contributed by atoms with E-state index in [1.54, 1.807) is 6.07 Å². The van der Waals surface area contributed by atoms with Gasteiger partial charge in [0.15, 0.2) is 0 Å². The van der Waals surface area contributed by atoms with E-state index in [0.29, 0.717) is 10.9 Å². The predicted molar refractivity (Wildman–Crippen MR) is 64.8 cm³/mol. The number of hydrogen-bond acceptors (Lipinski definition) is 3. The molecule has 88 valence electrons. The lowest BCUT2D eigenvalue weighted by atomic mass is 10.2. The minimum atomic E-state index is -0.222. The van der Waals surface area contributed by atoms with Crippen molar-refractivity contribution in [3.63, 3.8) is 0 Å². The van der Waals surface area contributed by atoms with E-state index in [4.69, 9.17) is 0 Å². The number of hydrogen-bond donors (Lipinski definition) is 1. The van der Waals surface area contributed by atoms with Gasteiger partial charge in [-0.05, 0) is 24.6 Å². The molecule has 0 saturated carbocycles. The number of carbonyl (C=O) groups excluding carboxylic acids is 1. The first kappa shape index (κ1) is 11.3. The molecule has 0 radical (unpaired) electrons. The Bertz CT molecular complexity index is 631. The molecule has 1 N–H and O–H groups in total. The van der Waals surface area contributed by atoms with Gasteiger partial charge in [-0.25, -0.2) is 4.98 Å². The van der Waals surface area contributed by atoms with E-state index < -0.39 is 0 Å². The van der Waals surface area contributed by atoms with Crippen molar-refractivity contribution in [3.05, 3.63) is 40.4 Å². The maximum atomic E-state index is 12.0. The summed E-state index contributed by atoms with van der Waals surface area (Å²) in [5.41, 5.74) is 1.51. The lowest BCUT2D eigenvalue weighted by molar-refractivity contribution is -0.121. The Balaban J connectivity index is 2.54. The summed E-state index contributed by atoms with van der Waals surface area (Å²) in [7, 11) is 1.53. The Kier molecular flexibility index (Phi) is 2.91. The molecule has 0 aliphatic rings. The van der Waals surface area contributed by atoms with Crippen LogP contribution < -0.4 is 10.9 Å². The summed E-state index contributed by atoms with van der Waals surface area (Å²) in [5, 5.41) is 3.00. The molecule has 1 heterocycles. The molecule has 0 aliphatic carbocycles. The van der Waals surface area contributed by atoms with Crippen molar-refractivity contribution in [1.29, 1.82) is 0 Å². The van der Waals surface area contributed by atoms with Crippen LogP contribution in [0.15, 0.2) is 29.3 Å². The van der Waals surface area contributed by atoms with Crippen LogP contribution in [0.2, 0.25) is 0 Å². The molecule has 1 aromatic carbocycles. The molecule has 1 aromatic heterocycles. The average molecular weight is 231 g/mol. The highest BCUT2D eigenvalue weighted by Crippen LogP contribution is 2.08. The van der Waals surface area contributed by atoms with E-state index in [1.165, 1.54) is 17.9 Å². The second-order valence-corrected chi connectivity index (χ2v) is 3.87. The summed E-state index contributed by atoms with van der Waals surface area (Å²) >= 11 is 0. The monoisotopic (exact) mass is 231 g/mol. The number of amides is 1. The molecule has 0 spiro atoms. The molecule has 5 nitrogen and oxygen atoms in total. The molecule has 0 bridgehead atoms. The van der Waals surface area contributed by atoms with Crippen LogP contribution in [-0.4, -0.2) is 22.5 Å². The molecular weight excluding hydrogens is 218 g/mol. The molecule has 0 saturated heterocycles. The van der Waals surface area contributed by atoms with Gasteiger partial charge in [0.2, 0.25) is 5.91 Å². The van der Waals surface area contributed by atoms with E-state index in [9.17, 15) is 9.59 Å². The summed E-state index contributed by atoms with van der Waals surface area (Å²) in [4.78, 5) is 27.4. The van der Waals surface area contributed by atoms with Crippen LogP contribution in [0.5, 0.6) is 0 Å². The van der Waals surface area contributed by atoms with Crippen LogP contribution in [0, 0.1) is 6.92 Å². The molecule has 0 atom stereocenters. The number of rotatable bonds is 2. The van der Waals surface area contributed by atoms with Gasteiger partial charge in [0.1, 0.15) is 6.54 Å². The van der Waals surface area contributed by atoms with Gasteiger partial charge in [-0.3, -0.25) is 14.2 Å². The van der Waals surface area contributed by atoms with Crippen molar-refractivity contribution in [2.45, 2.75) is 13.5 Å². The van der Waals surface area contributed by atoms with Gasteiger partial charge in [0, 0.05) is 7.05 Å². The van der Waals surface area contributed by atoms with Gasteiger partial charge in [-0.15, -0.1) is 0 Å². The number of likely N-dealkylation sites (N-methyl/N-ethyl adjacent to an activating group) is 1. The Morgan fingerprint density at radius 3 is 2.94 bits per heavy atom. The molecule has 1 amide bonds. The second kappa shape index (κ2) is 4.37. The van der Waals surface area contributed by atoms with Crippen molar-refractivity contribution in [2.24, 2.45) is 0 Å². The largest absolute Gasteiger partial charge is 0.358 e. The summed E-state index contributed by atoms with van der Waals surface area (Å²) in [6, 6.07) is 5.44. The van der Waals surface area contributed by atoms with Crippen molar-refractivity contribution < 1.29 is 4.79 Å². The molecule has 17 heavy (non-hydrogen) atoms. The first-order valence-electron chi connectivity index (χ1n) is 5.28. The van der Waals surface area contributed by atoms with E-state index in [0.717, 1.165) is 5.56 Å². The maximum Gasteiger partial charge on any atom is 0.261 e. The molecule has 2 rings (SSSR count). The second-order valence-electron chi connectivity index (χ2n) is 3.87. The van der Waals surface area contributed by atoms with Crippen LogP contribution >= 0.6 is 0 Å². The van der Waals surface area contributed by atoms with Gasteiger partial charge in [-0.1, -0.05) is 6.07 Å².